The summed E-state index contributed by atoms with van der Waals surface area (Å²) in [6, 6.07) is 11.1. The molecule has 21 heavy (non-hydrogen) atoms. The van der Waals surface area contributed by atoms with Gasteiger partial charge in [0.05, 0.1) is 12.9 Å². The van der Waals surface area contributed by atoms with E-state index < -0.39 is 22.4 Å². The van der Waals surface area contributed by atoms with Crippen molar-refractivity contribution in [1.82, 2.24) is 0 Å². The molecule has 0 aromatic heterocycles. The van der Waals surface area contributed by atoms with E-state index in [4.69, 9.17) is 4.74 Å². The maximum absolute atomic E-state index is 13.5. The average Bonchev–Trinajstić information content (AvgIpc) is 2.49. The maximum Gasteiger partial charge on any atom is 0.130 e. The van der Waals surface area contributed by atoms with Gasteiger partial charge >= 0.3 is 0 Å². The lowest BCUT2D eigenvalue weighted by Gasteiger charge is -2.06. The van der Waals surface area contributed by atoms with Crippen LogP contribution in [0.1, 0.15) is 11.1 Å². The Labute approximate surface area is 125 Å². The largest absolute Gasteiger partial charge is 0.497 e. The fourth-order valence-corrected chi connectivity index (χ4v) is 3.13. The molecular formula is C16H16F2O2S. The zero-order chi connectivity index (χ0) is 15.2. The van der Waals surface area contributed by atoms with Crippen LogP contribution >= 0.6 is 0 Å². The fraction of sp³-hybridized carbons (Fsp3) is 0.250. The summed E-state index contributed by atoms with van der Waals surface area (Å²) in [5, 5.41) is 0. The summed E-state index contributed by atoms with van der Waals surface area (Å²) >= 11 is 0. The number of hydrogen-bond acceptors (Lipinski definition) is 2. The zero-order valence-corrected chi connectivity index (χ0v) is 12.5. The van der Waals surface area contributed by atoms with Gasteiger partial charge in [0.25, 0.3) is 0 Å². The molecule has 0 N–H and O–H groups in total. The Kier molecular flexibility index (Phi) is 5.44. The minimum absolute atomic E-state index is 0.103. The molecule has 0 aliphatic heterocycles. The molecule has 2 rings (SSSR count). The summed E-state index contributed by atoms with van der Waals surface area (Å²) in [4.78, 5) is 0. The minimum atomic E-state index is -1.31. The van der Waals surface area contributed by atoms with E-state index in [9.17, 15) is 13.0 Å². The summed E-state index contributed by atoms with van der Waals surface area (Å²) in [5.74, 6) is -0.275. The van der Waals surface area contributed by atoms with Gasteiger partial charge in [-0.1, -0.05) is 18.2 Å². The molecule has 2 aromatic carbocycles. The van der Waals surface area contributed by atoms with Crippen LogP contribution in [0.5, 0.6) is 5.75 Å². The molecule has 1 atom stereocenters. The molecule has 0 aliphatic rings. The topological polar surface area (TPSA) is 26.3 Å². The zero-order valence-electron chi connectivity index (χ0n) is 11.6. The van der Waals surface area contributed by atoms with Crippen LogP contribution in [0.3, 0.4) is 0 Å². The Morgan fingerprint density at radius 2 is 1.67 bits per heavy atom. The number of methoxy groups -OCH3 is 1. The average molecular weight is 310 g/mol. The van der Waals surface area contributed by atoms with E-state index in [1.807, 2.05) is 24.3 Å². The van der Waals surface area contributed by atoms with Gasteiger partial charge in [0, 0.05) is 22.1 Å². The van der Waals surface area contributed by atoms with Crippen LogP contribution in [-0.2, 0) is 23.0 Å². The van der Waals surface area contributed by atoms with Crippen molar-refractivity contribution in [2.24, 2.45) is 0 Å². The van der Waals surface area contributed by atoms with E-state index in [-0.39, 0.29) is 11.3 Å². The molecule has 0 fully saturated rings. The van der Waals surface area contributed by atoms with Crippen molar-refractivity contribution in [2.45, 2.75) is 12.2 Å². The summed E-state index contributed by atoms with van der Waals surface area (Å²) < 4.78 is 44.0. The third-order valence-corrected chi connectivity index (χ3v) is 4.41. The Morgan fingerprint density at radius 1 is 1.05 bits per heavy atom. The molecule has 0 saturated heterocycles. The van der Waals surface area contributed by atoms with Gasteiger partial charge in [0.15, 0.2) is 0 Å². The molecule has 0 radical (unpaired) electrons. The maximum atomic E-state index is 13.5. The number of halogens is 2. The van der Waals surface area contributed by atoms with Gasteiger partial charge in [-0.15, -0.1) is 0 Å². The van der Waals surface area contributed by atoms with Crippen molar-refractivity contribution in [2.75, 3.05) is 12.9 Å². The number of ether oxygens (including phenoxy) is 1. The van der Waals surface area contributed by atoms with E-state index in [2.05, 4.69) is 0 Å². The molecule has 0 bridgehead atoms. The van der Waals surface area contributed by atoms with Gasteiger partial charge in [-0.3, -0.25) is 4.21 Å². The van der Waals surface area contributed by atoms with Crippen molar-refractivity contribution < 1.29 is 17.7 Å². The van der Waals surface area contributed by atoms with Crippen molar-refractivity contribution in [1.29, 1.82) is 0 Å². The summed E-state index contributed by atoms with van der Waals surface area (Å²) in [7, 11) is 0.280. The van der Waals surface area contributed by atoms with Gasteiger partial charge in [-0.2, -0.15) is 0 Å². The minimum Gasteiger partial charge on any atom is -0.497 e. The number of rotatable bonds is 6. The lowest BCUT2D eigenvalue weighted by atomic mass is 10.2. The third-order valence-electron chi connectivity index (χ3n) is 3.14. The molecule has 0 amide bonds. The second-order valence-electron chi connectivity index (χ2n) is 4.59. The fourth-order valence-electron chi connectivity index (χ4n) is 1.93. The van der Waals surface area contributed by atoms with E-state index >= 15 is 0 Å². The first kappa shape index (κ1) is 15.6. The van der Waals surface area contributed by atoms with Crippen LogP contribution in [0.4, 0.5) is 8.78 Å². The van der Waals surface area contributed by atoms with Crippen molar-refractivity contribution in [3.05, 3.63) is 65.2 Å². The molecular weight excluding hydrogens is 294 g/mol. The Hall–Kier alpha value is -1.75. The number of benzene rings is 2. The monoisotopic (exact) mass is 310 g/mol. The Morgan fingerprint density at radius 3 is 2.24 bits per heavy atom. The van der Waals surface area contributed by atoms with Crippen molar-refractivity contribution in [3.8, 4) is 5.75 Å². The van der Waals surface area contributed by atoms with Gasteiger partial charge in [0.2, 0.25) is 0 Å². The Balaban J connectivity index is 1.92. The van der Waals surface area contributed by atoms with E-state index in [1.54, 1.807) is 7.11 Å². The van der Waals surface area contributed by atoms with Crippen molar-refractivity contribution in [3.63, 3.8) is 0 Å². The second-order valence-corrected chi connectivity index (χ2v) is 6.16. The van der Waals surface area contributed by atoms with E-state index in [0.29, 0.717) is 12.2 Å². The van der Waals surface area contributed by atoms with E-state index in [1.165, 1.54) is 18.2 Å². The number of aryl methyl sites for hydroxylation is 1. The van der Waals surface area contributed by atoms with E-state index in [0.717, 1.165) is 11.3 Å². The highest BCUT2D eigenvalue weighted by Gasteiger charge is 2.12. The van der Waals surface area contributed by atoms with Crippen LogP contribution in [-0.4, -0.2) is 17.1 Å². The highest BCUT2D eigenvalue weighted by molar-refractivity contribution is 7.84. The first-order valence-electron chi connectivity index (χ1n) is 6.51. The lowest BCUT2D eigenvalue weighted by molar-refractivity contribution is 0.414. The highest BCUT2D eigenvalue weighted by atomic mass is 32.2. The molecule has 2 nitrogen and oxygen atoms in total. The van der Waals surface area contributed by atoms with Crippen LogP contribution in [0.15, 0.2) is 42.5 Å². The number of hydrogen-bond donors (Lipinski definition) is 0. The first-order chi connectivity index (χ1) is 10.1. The van der Waals surface area contributed by atoms with Crippen LogP contribution in [0, 0.1) is 11.6 Å². The summed E-state index contributed by atoms with van der Waals surface area (Å²) in [5.41, 5.74) is 0.906. The van der Waals surface area contributed by atoms with Gasteiger partial charge < -0.3 is 4.74 Å². The second kappa shape index (κ2) is 7.31. The molecule has 0 saturated carbocycles. The standard InChI is InChI=1S/C16H16F2O2S/c1-20-13-7-5-12(6-8-13)9-10-21(19)11-14-15(17)3-2-4-16(14)18/h2-8H,9-11H2,1H3/t21-/m0/s1. The molecule has 2 aromatic rings. The summed E-state index contributed by atoms with van der Waals surface area (Å²) in [6.07, 6.45) is 0.590. The lowest BCUT2D eigenvalue weighted by Crippen LogP contribution is -2.07. The first-order valence-corrected chi connectivity index (χ1v) is 7.99. The van der Waals surface area contributed by atoms with Crippen LogP contribution in [0.2, 0.25) is 0 Å². The SMILES string of the molecule is COc1ccc(CC[S@](=O)Cc2c(F)cccc2F)cc1. The molecule has 0 aliphatic carbocycles. The molecule has 5 heteroatoms. The van der Waals surface area contributed by atoms with Gasteiger partial charge in [-0.05, 0) is 36.2 Å². The molecule has 0 unspecified atom stereocenters. The van der Waals surface area contributed by atoms with Crippen molar-refractivity contribution >= 4 is 10.8 Å². The van der Waals surface area contributed by atoms with Gasteiger partial charge in [0.1, 0.15) is 17.4 Å². The van der Waals surface area contributed by atoms with Crippen LogP contribution in [0.25, 0.3) is 0 Å². The van der Waals surface area contributed by atoms with Gasteiger partial charge in [-0.25, -0.2) is 8.78 Å². The molecule has 0 spiro atoms. The normalized spacial score (nSPS) is 12.1. The quantitative estimate of drug-likeness (QED) is 0.817. The highest BCUT2D eigenvalue weighted by Crippen LogP contribution is 2.16. The smallest absolute Gasteiger partial charge is 0.130 e. The Bertz CT molecular complexity index is 606. The molecule has 0 heterocycles. The summed E-state index contributed by atoms with van der Waals surface area (Å²) in [6.45, 7) is 0. The predicted octanol–water partition coefficient (Wildman–Crippen LogP) is 3.46. The third kappa shape index (κ3) is 4.36. The van der Waals surface area contributed by atoms with Crippen LogP contribution < -0.4 is 4.74 Å². The molecule has 112 valence electrons. The predicted molar refractivity (Wildman–Crippen MR) is 79.8 cm³/mol.